The summed E-state index contributed by atoms with van der Waals surface area (Å²) < 4.78 is 22.8. The molecule has 5 heteroatoms. The minimum Gasteiger partial charge on any atom is -0.284 e. The van der Waals surface area contributed by atoms with E-state index < -0.39 is 11.4 Å². The molecular weight excluding hydrogens is 144 g/mol. The first kappa shape index (κ1) is 9.14. The van der Waals surface area contributed by atoms with E-state index in [1.165, 1.54) is 0 Å². The third-order valence-electron chi connectivity index (χ3n) is 0. The van der Waals surface area contributed by atoms with E-state index in [0.717, 1.165) is 0 Å². The molecule has 0 heterocycles. The third-order valence-corrected chi connectivity index (χ3v) is 0. The molecule has 37 valence electrons. The Bertz CT molecular complexity index is 29.9. The summed E-state index contributed by atoms with van der Waals surface area (Å²) in [7, 11) is 0. The van der Waals surface area contributed by atoms with Crippen LogP contribution in [0.5, 0.6) is 0 Å². The van der Waals surface area contributed by atoms with Crippen molar-refractivity contribution in [1.82, 2.24) is 0 Å². The fourth-order valence-corrected chi connectivity index (χ4v) is 0. The maximum Gasteiger partial charge on any atom is 0.299 e. The zero-order chi connectivity index (χ0) is 3.58. The predicted octanol–water partition coefficient (Wildman–Crippen LogP) is -0.321. The number of hydrogen-bond acceptors (Lipinski definition) is 1. The zero-order valence-electron chi connectivity index (χ0n) is 2.01. The van der Waals surface area contributed by atoms with Crippen LogP contribution >= 0.6 is 0 Å². The van der Waals surface area contributed by atoms with Crippen molar-refractivity contribution in [2.24, 2.45) is 0 Å². The monoisotopic (exact) mass is 145 g/mol. The largest absolute Gasteiger partial charge is 0.299 e. The second-order valence-corrected chi connectivity index (χ2v) is 0.692. The van der Waals surface area contributed by atoms with Crippen molar-refractivity contribution in [3.63, 3.8) is 0 Å². The van der Waals surface area contributed by atoms with Crippen molar-refractivity contribution < 1.29 is 30.4 Å². The zero-order valence-corrected chi connectivity index (χ0v) is 3.77. The molecule has 0 rings (SSSR count). The fourth-order valence-electron chi connectivity index (χ4n) is 0. The summed E-state index contributed by atoms with van der Waals surface area (Å²) in [6, 6.07) is 0. The average molecular weight is 146 g/mol. The van der Waals surface area contributed by atoms with Crippen molar-refractivity contribution in [3.05, 3.63) is 0 Å². The van der Waals surface area contributed by atoms with Crippen LogP contribution in [0, 0.1) is 0 Å². The molecule has 0 saturated heterocycles. The van der Waals surface area contributed by atoms with Gasteiger partial charge in [0.25, 0.3) is 11.4 Å². The first-order valence-corrected chi connectivity index (χ1v) is 1.60. The SMILES string of the molecule is O=S(O)O.[Cu]. The normalized spacial score (nSPS) is 7.00. The van der Waals surface area contributed by atoms with Crippen molar-refractivity contribution in [2.75, 3.05) is 0 Å². The van der Waals surface area contributed by atoms with Crippen molar-refractivity contribution >= 4 is 11.4 Å². The van der Waals surface area contributed by atoms with Crippen LogP contribution in [0.3, 0.4) is 0 Å². The van der Waals surface area contributed by atoms with Gasteiger partial charge in [0, 0.05) is 17.1 Å². The summed E-state index contributed by atoms with van der Waals surface area (Å²) in [4.78, 5) is 0. The Labute approximate surface area is 42.4 Å². The van der Waals surface area contributed by atoms with Gasteiger partial charge in [0.15, 0.2) is 0 Å². The van der Waals surface area contributed by atoms with E-state index >= 15 is 0 Å². The Kier molecular flexibility index (Phi) is 8.39. The van der Waals surface area contributed by atoms with Crippen LogP contribution in [0.2, 0.25) is 0 Å². The van der Waals surface area contributed by atoms with Crippen LogP contribution in [0.15, 0.2) is 0 Å². The van der Waals surface area contributed by atoms with E-state index in [1.54, 1.807) is 0 Å². The standard InChI is InChI=1S/Cu.H2O3S/c;1-4(2)3/h;(H2,1,2,3). The molecule has 5 heavy (non-hydrogen) atoms. The Hall–Kier alpha value is 0.589. The van der Waals surface area contributed by atoms with Gasteiger partial charge in [0.2, 0.25) is 0 Å². The van der Waals surface area contributed by atoms with Gasteiger partial charge in [-0.1, -0.05) is 0 Å². The Morgan fingerprint density at radius 2 is 1.40 bits per heavy atom. The van der Waals surface area contributed by atoms with E-state index in [2.05, 4.69) is 0 Å². The van der Waals surface area contributed by atoms with Gasteiger partial charge in [-0.3, -0.25) is 9.11 Å². The molecule has 3 nitrogen and oxygen atoms in total. The summed E-state index contributed by atoms with van der Waals surface area (Å²) >= 11 is -2.61. The molecule has 1 radical (unpaired) electrons. The molecule has 2 N–H and O–H groups in total. The van der Waals surface area contributed by atoms with Crippen molar-refractivity contribution in [3.8, 4) is 0 Å². The first-order valence-electron chi connectivity index (χ1n) is 0.532. The molecule has 0 aliphatic carbocycles. The Morgan fingerprint density at radius 3 is 1.40 bits per heavy atom. The molecule has 0 aromatic heterocycles. The van der Waals surface area contributed by atoms with Gasteiger partial charge in [-0.25, -0.2) is 0 Å². The number of rotatable bonds is 0. The Balaban J connectivity index is 0. The van der Waals surface area contributed by atoms with Crippen LogP contribution in [0.25, 0.3) is 0 Å². The second-order valence-electron chi connectivity index (χ2n) is 0.231. The molecule has 0 aliphatic rings. The van der Waals surface area contributed by atoms with E-state index in [9.17, 15) is 0 Å². The van der Waals surface area contributed by atoms with Crippen LogP contribution in [-0.2, 0) is 28.4 Å². The van der Waals surface area contributed by atoms with E-state index in [4.69, 9.17) is 13.3 Å². The van der Waals surface area contributed by atoms with E-state index in [1.807, 2.05) is 0 Å². The summed E-state index contributed by atoms with van der Waals surface area (Å²) in [6.45, 7) is 0. The van der Waals surface area contributed by atoms with E-state index in [0.29, 0.717) is 0 Å². The van der Waals surface area contributed by atoms with E-state index in [-0.39, 0.29) is 17.1 Å². The molecule has 0 aliphatic heterocycles. The molecule has 0 fully saturated rings. The fraction of sp³-hybridized carbons (Fsp3) is 0. The van der Waals surface area contributed by atoms with Crippen LogP contribution < -0.4 is 0 Å². The minimum atomic E-state index is -2.61. The molecule has 0 spiro atoms. The van der Waals surface area contributed by atoms with Crippen LogP contribution in [-0.4, -0.2) is 13.3 Å². The molecular formula is H2CuO3S. The molecule has 0 aromatic carbocycles. The summed E-state index contributed by atoms with van der Waals surface area (Å²) in [5.41, 5.74) is 0. The maximum absolute atomic E-state index is 8.67. The topological polar surface area (TPSA) is 57.5 Å². The van der Waals surface area contributed by atoms with Gasteiger partial charge in [0.1, 0.15) is 0 Å². The van der Waals surface area contributed by atoms with Gasteiger partial charge < -0.3 is 0 Å². The summed E-state index contributed by atoms with van der Waals surface area (Å²) in [5, 5.41) is 0. The molecule has 0 saturated carbocycles. The molecule has 0 aromatic rings. The van der Waals surface area contributed by atoms with Crippen LogP contribution in [0.4, 0.5) is 0 Å². The Morgan fingerprint density at radius 1 is 1.40 bits per heavy atom. The van der Waals surface area contributed by atoms with Gasteiger partial charge in [0.05, 0.1) is 0 Å². The van der Waals surface area contributed by atoms with Gasteiger partial charge in [-0.05, 0) is 0 Å². The molecule has 0 bridgehead atoms. The first-order chi connectivity index (χ1) is 1.73. The smallest absolute Gasteiger partial charge is 0.284 e. The molecule has 0 amide bonds. The van der Waals surface area contributed by atoms with Crippen molar-refractivity contribution in [2.45, 2.75) is 0 Å². The number of hydrogen-bond donors (Lipinski definition) is 2. The van der Waals surface area contributed by atoms with Gasteiger partial charge in [-0.2, -0.15) is 4.21 Å². The predicted molar refractivity (Wildman–Crippen MR) is 13.4 cm³/mol. The van der Waals surface area contributed by atoms with Crippen molar-refractivity contribution in [1.29, 1.82) is 0 Å². The quantitative estimate of drug-likeness (QED) is 0.363. The average Bonchev–Trinajstić information content (AvgIpc) is 0.811. The van der Waals surface area contributed by atoms with Gasteiger partial charge in [-0.15, -0.1) is 0 Å². The minimum absolute atomic E-state index is 0. The maximum atomic E-state index is 8.67. The molecule has 0 atom stereocenters. The third kappa shape index (κ3) is 88.6. The summed E-state index contributed by atoms with van der Waals surface area (Å²) in [5.74, 6) is 0. The molecule has 0 unspecified atom stereocenters. The van der Waals surface area contributed by atoms with Gasteiger partial charge >= 0.3 is 0 Å². The van der Waals surface area contributed by atoms with Crippen LogP contribution in [0.1, 0.15) is 0 Å². The second kappa shape index (κ2) is 4.59. The summed E-state index contributed by atoms with van der Waals surface area (Å²) in [6.07, 6.45) is 0.